The van der Waals surface area contributed by atoms with Gasteiger partial charge in [0.1, 0.15) is 0 Å². The van der Waals surface area contributed by atoms with Crippen LogP contribution in [0.25, 0.3) is 0 Å². The lowest BCUT2D eigenvalue weighted by Crippen LogP contribution is -2.41. The molecule has 0 aliphatic carbocycles. The molecule has 1 aliphatic rings. The smallest absolute Gasteiger partial charge is 0.258 e. The van der Waals surface area contributed by atoms with Gasteiger partial charge < -0.3 is 20.5 Å². The third-order valence-electron chi connectivity index (χ3n) is 2.74. The van der Waals surface area contributed by atoms with Gasteiger partial charge in [0.2, 0.25) is 0 Å². The molecule has 1 aromatic rings. The van der Waals surface area contributed by atoms with Gasteiger partial charge in [0, 0.05) is 25.5 Å². The molecule has 0 aromatic carbocycles. The number of carbonyl (C=O) groups excluding carboxylic acids is 1. The van der Waals surface area contributed by atoms with E-state index in [1.165, 1.54) is 0 Å². The van der Waals surface area contributed by atoms with Crippen LogP contribution in [-0.4, -0.2) is 36.8 Å². The van der Waals surface area contributed by atoms with Crippen LogP contribution in [0.1, 0.15) is 12.8 Å². The van der Waals surface area contributed by atoms with Gasteiger partial charge in [-0.05, 0) is 25.0 Å². The SMILES string of the molecule is Nc1ncccc1OCC(=O)NC1CCOCC1. The number of carbonyl (C=O) groups is 1. The van der Waals surface area contributed by atoms with Crippen LogP contribution in [-0.2, 0) is 9.53 Å². The quantitative estimate of drug-likeness (QED) is 0.805. The van der Waals surface area contributed by atoms with E-state index in [1.54, 1.807) is 18.3 Å². The number of pyridine rings is 1. The number of nitrogens with zero attached hydrogens (tertiary/aromatic N) is 1. The van der Waals surface area contributed by atoms with Crippen LogP contribution < -0.4 is 15.8 Å². The van der Waals surface area contributed by atoms with Gasteiger partial charge in [-0.2, -0.15) is 0 Å². The summed E-state index contributed by atoms with van der Waals surface area (Å²) in [4.78, 5) is 15.5. The lowest BCUT2D eigenvalue weighted by Gasteiger charge is -2.23. The van der Waals surface area contributed by atoms with Crippen LogP contribution >= 0.6 is 0 Å². The third kappa shape index (κ3) is 3.59. The van der Waals surface area contributed by atoms with E-state index in [0.29, 0.717) is 19.0 Å². The highest BCUT2D eigenvalue weighted by Gasteiger charge is 2.16. The molecule has 0 radical (unpaired) electrons. The normalized spacial score (nSPS) is 16.2. The second-order valence-corrected chi connectivity index (χ2v) is 4.13. The van der Waals surface area contributed by atoms with Gasteiger partial charge in [-0.1, -0.05) is 0 Å². The predicted octanol–water partition coefficient (Wildman–Crippen LogP) is 0.338. The molecule has 0 unspecified atom stereocenters. The van der Waals surface area contributed by atoms with Crippen molar-refractivity contribution in [2.24, 2.45) is 0 Å². The molecule has 0 saturated carbocycles. The second-order valence-electron chi connectivity index (χ2n) is 4.13. The summed E-state index contributed by atoms with van der Waals surface area (Å²) in [6.45, 7) is 1.34. The van der Waals surface area contributed by atoms with Crippen molar-refractivity contribution in [3.05, 3.63) is 18.3 Å². The minimum absolute atomic E-state index is 0.0484. The lowest BCUT2D eigenvalue weighted by atomic mass is 10.1. The number of rotatable bonds is 4. The summed E-state index contributed by atoms with van der Waals surface area (Å²) in [6, 6.07) is 3.58. The Labute approximate surface area is 105 Å². The summed E-state index contributed by atoms with van der Waals surface area (Å²) in [5.41, 5.74) is 5.61. The molecule has 1 saturated heterocycles. The van der Waals surface area contributed by atoms with Gasteiger partial charge in [-0.25, -0.2) is 4.98 Å². The van der Waals surface area contributed by atoms with Gasteiger partial charge in [-0.15, -0.1) is 0 Å². The predicted molar refractivity (Wildman–Crippen MR) is 66.1 cm³/mol. The molecule has 1 aromatic heterocycles. The summed E-state index contributed by atoms with van der Waals surface area (Å²) < 4.78 is 10.5. The van der Waals surface area contributed by atoms with Crippen molar-refractivity contribution < 1.29 is 14.3 Å². The Morgan fingerprint density at radius 2 is 2.33 bits per heavy atom. The molecule has 6 heteroatoms. The molecule has 18 heavy (non-hydrogen) atoms. The van der Waals surface area contributed by atoms with Crippen molar-refractivity contribution in [1.82, 2.24) is 10.3 Å². The number of hydrogen-bond acceptors (Lipinski definition) is 5. The maximum atomic E-state index is 11.7. The van der Waals surface area contributed by atoms with Crippen LogP contribution in [0.15, 0.2) is 18.3 Å². The van der Waals surface area contributed by atoms with Crippen LogP contribution in [0.5, 0.6) is 5.75 Å². The zero-order valence-electron chi connectivity index (χ0n) is 10.1. The molecule has 1 amide bonds. The fraction of sp³-hybridized carbons (Fsp3) is 0.500. The number of aromatic nitrogens is 1. The van der Waals surface area contributed by atoms with E-state index in [0.717, 1.165) is 12.8 Å². The molecular formula is C12H17N3O3. The Bertz CT molecular complexity index is 405. The zero-order valence-corrected chi connectivity index (χ0v) is 10.1. The highest BCUT2D eigenvalue weighted by atomic mass is 16.5. The number of nitrogen functional groups attached to an aromatic ring is 1. The molecule has 0 atom stereocenters. The van der Waals surface area contributed by atoms with E-state index >= 15 is 0 Å². The van der Waals surface area contributed by atoms with E-state index < -0.39 is 0 Å². The summed E-state index contributed by atoms with van der Waals surface area (Å²) >= 11 is 0. The second kappa shape index (κ2) is 6.20. The first-order valence-corrected chi connectivity index (χ1v) is 5.96. The number of ether oxygens (including phenoxy) is 2. The van der Waals surface area contributed by atoms with Crippen LogP contribution in [0.4, 0.5) is 5.82 Å². The Balaban J connectivity index is 1.76. The minimum Gasteiger partial charge on any atom is -0.480 e. The molecule has 3 N–H and O–H groups in total. The number of nitrogens with two attached hydrogens (primary N) is 1. The molecule has 1 fully saturated rings. The molecule has 6 nitrogen and oxygen atoms in total. The Kier molecular flexibility index (Phi) is 4.35. The zero-order chi connectivity index (χ0) is 12.8. The number of amides is 1. The molecule has 0 spiro atoms. The van der Waals surface area contributed by atoms with Crippen molar-refractivity contribution in [1.29, 1.82) is 0 Å². The average molecular weight is 251 g/mol. The molecule has 98 valence electrons. The Morgan fingerprint density at radius 3 is 3.06 bits per heavy atom. The van der Waals surface area contributed by atoms with E-state index in [4.69, 9.17) is 15.2 Å². The van der Waals surface area contributed by atoms with E-state index in [1.807, 2.05) is 0 Å². The molecule has 2 heterocycles. The first kappa shape index (κ1) is 12.6. The maximum Gasteiger partial charge on any atom is 0.258 e. The third-order valence-corrected chi connectivity index (χ3v) is 2.74. The Morgan fingerprint density at radius 1 is 1.56 bits per heavy atom. The largest absolute Gasteiger partial charge is 0.480 e. The topological polar surface area (TPSA) is 86.5 Å². The number of anilines is 1. The summed E-state index contributed by atoms with van der Waals surface area (Å²) in [5, 5.41) is 2.90. The maximum absolute atomic E-state index is 11.7. The van der Waals surface area contributed by atoms with Crippen molar-refractivity contribution >= 4 is 11.7 Å². The van der Waals surface area contributed by atoms with E-state index in [-0.39, 0.29) is 24.4 Å². The summed E-state index contributed by atoms with van der Waals surface area (Å²) in [6.07, 6.45) is 3.27. The van der Waals surface area contributed by atoms with Gasteiger partial charge in [0.25, 0.3) is 5.91 Å². The fourth-order valence-electron chi connectivity index (χ4n) is 1.78. The van der Waals surface area contributed by atoms with Crippen molar-refractivity contribution in [2.45, 2.75) is 18.9 Å². The standard InChI is InChI=1S/C12H17N3O3/c13-12-10(2-1-5-14-12)18-8-11(16)15-9-3-6-17-7-4-9/h1-2,5,9H,3-4,6-8H2,(H2,13,14)(H,15,16). The molecule has 1 aliphatic heterocycles. The van der Waals surface area contributed by atoms with E-state index in [2.05, 4.69) is 10.3 Å². The van der Waals surface area contributed by atoms with Gasteiger partial charge in [-0.3, -0.25) is 4.79 Å². The molecule has 2 rings (SSSR count). The first-order valence-electron chi connectivity index (χ1n) is 5.96. The molecular weight excluding hydrogens is 234 g/mol. The van der Waals surface area contributed by atoms with Crippen LogP contribution in [0.3, 0.4) is 0 Å². The highest BCUT2D eigenvalue weighted by Crippen LogP contribution is 2.16. The van der Waals surface area contributed by atoms with E-state index in [9.17, 15) is 4.79 Å². The fourth-order valence-corrected chi connectivity index (χ4v) is 1.78. The monoisotopic (exact) mass is 251 g/mol. The summed E-state index contributed by atoms with van der Waals surface area (Å²) in [7, 11) is 0. The van der Waals surface area contributed by atoms with Crippen molar-refractivity contribution in [2.75, 3.05) is 25.6 Å². The number of hydrogen-bond donors (Lipinski definition) is 2. The van der Waals surface area contributed by atoms with Crippen LogP contribution in [0.2, 0.25) is 0 Å². The van der Waals surface area contributed by atoms with Gasteiger partial charge >= 0.3 is 0 Å². The van der Waals surface area contributed by atoms with Crippen LogP contribution in [0, 0.1) is 0 Å². The first-order chi connectivity index (χ1) is 8.75. The Hall–Kier alpha value is -1.82. The molecule has 0 bridgehead atoms. The van der Waals surface area contributed by atoms with Crippen molar-refractivity contribution in [3.63, 3.8) is 0 Å². The van der Waals surface area contributed by atoms with Crippen molar-refractivity contribution in [3.8, 4) is 5.75 Å². The average Bonchev–Trinajstić information content (AvgIpc) is 2.39. The number of nitrogens with one attached hydrogen (secondary N) is 1. The summed E-state index contributed by atoms with van der Waals surface area (Å²) in [5.74, 6) is 0.571. The van der Waals surface area contributed by atoms with Gasteiger partial charge in [0.05, 0.1) is 0 Å². The highest BCUT2D eigenvalue weighted by molar-refractivity contribution is 5.78. The minimum atomic E-state index is -0.148. The van der Waals surface area contributed by atoms with Gasteiger partial charge in [0.15, 0.2) is 18.2 Å². The lowest BCUT2D eigenvalue weighted by molar-refractivity contribution is -0.124.